The molecule has 27 heavy (non-hydrogen) atoms. The molecule has 0 spiro atoms. The van der Waals surface area contributed by atoms with E-state index in [1.807, 2.05) is 19.0 Å². The molecule has 0 bridgehead atoms. The predicted octanol–water partition coefficient (Wildman–Crippen LogP) is 2.79. The third-order valence-corrected chi connectivity index (χ3v) is 4.05. The lowest BCUT2D eigenvalue weighted by Crippen LogP contribution is -2.15. The molecule has 2 aromatic heterocycles. The number of aromatic nitrogens is 3. The number of H-pyrrole nitrogens is 1. The highest BCUT2D eigenvalue weighted by molar-refractivity contribution is 5.90. The number of nitrogens with zero attached hydrogens (tertiary/aromatic N) is 3. The number of carbonyl (C=O) groups is 1. The fourth-order valence-electron chi connectivity index (χ4n) is 2.69. The zero-order chi connectivity index (χ0) is 19.6. The molecule has 0 saturated carbocycles. The highest BCUT2D eigenvalue weighted by Gasteiger charge is 2.19. The van der Waals surface area contributed by atoms with E-state index < -0.39 is 11.8 Å². The number of hydrogen-bond donors (Lipinski definition) is 3. The van der Waals surface area contributed by atoms with Crippen molar-refractivity contribution < 1.29 is 19.4 Å². The number of aromatic hydroxyl groups is 1. The summed E-state index contributed by atoms with van der Waals surface area (Å²) in [6.07, 6.45) is 2.02. The maximum Gasteiger partial charge on any atom is 0.335 e. The summed E-state index contributed by atoms with van der Waals surface area (Å²) >= 11 is 0. The molecule has 3 rings (SSSR count). The molecule has 3 aromatic rings. The number of aromatic carboxylic acids is 1. The summed E-state index contributed by atoms with van der Waals surface area (Å²) in [4.78, 5) is 24.7. The molecule has 0 saturated heterocycles. The maximum absolute atomic E-state index is 14.5. The number of pyridine rings is 1. The average Bonchev–Trinajstić information content (AvgIpc) is 3.04. The molecule has 0 fully saturated rings. The van der Waals surface area contributed by atoms with Gasteiger partial charge in [0.2, 0.25) is 5.88 Å². The molecule has 140 valence electrons. The summed E-state index contributed by atoms with van der Waals surface area (Å²) in [5.41, 5.74) is 1.39. The van der Waals surface area contributed by atoms with Gasteiger partial charge < -0.3 is 20.1 Å². The van der Waals surface area contributed by atoms with Crippen LogP contribution in [0, 0.1) is 5.82 Å². The van der Waals surface area contributed by atoms with Crippen LogP contribution in [0.15, 0.2) is 36.5 Å². The van der Waals surface area contributed by atoms with Gasteiger partial charge in [0.05, 0.1) is 17.0 Å². The molecule has 0 radical (unpaired) electrons. The van der Waals surface area contributed by atoms with E-state index in [1.165, 1.54) is 24.4 Å². The van der Waals surface area contributed by atoms with Crippen molar-refractivity contribution in [2.45, 2.75) is 6.42 Å². The lowest BCUT2D eigenvalue weighted by atomic mass is 10.0. The van der Waals surface area contributed by atoms with Crippen LogP contribution in [0.5, 0.6) is 5.88 Å². The Kier molecular flexibility index (Phi) is 5.18. The largest absolute Gasteiger partial charge is 0.493 e. The quantitative estimate of drug-likeness (QED) is 0.617. The molecule has 0 aliphatic carbocycles. The van der Waals surface area contributed by atoms with Gasteiger partial charge in [0.25, 0.3) is 0 Å². The third kappa shape index (κ3) is 4.12. The number of aromatic amines is 1. The molecular formula is C19H19FN4O3. The van der Waals surface area contributed by atoms with Gasteiger partial charge in [-0.2, -0.15) is 0 Å². The molecular weight excluding hydrogens is 351 g/mol. The van der Waals surface area contributed by atoms with Gasteiger partial charge in [-0.15, -0.1) is 0 Å². The predicted molar refractivity (Wildman–Crippen MR) is 98.1 cm³/mol. The van der Waals surface area contributed by atoms with Crippen LogP contribution >= 0.6 is 0 Å². The van der Waals surface area contributed by atoms with E-state index in [2.05, 4.69) is 15.0 Å². The van der Waals surface area contributed by atoms with Gasteiger partial charge in [0.1, 0.15) is 11.6 Å². The summed E-state index contributed by atoms with van der Waals surface area (Å²) < 4.78 is 14.5. The van der Waals surface area contributed by atoms with Gasteiger partial charge in [0.15, 0.2) is 0 Å². The van der Waals surface area contributed by atoms with Crippen LogP contribution in [0.2, 0.25) is 0 Å². The number of carboxylic acid groups (broad SMARTS) is 1. The van der Waals surface area contributed by atoms with E-state index in [0.29, 0.717) is 23.5 Å². The number of imidazole rings is 1. The summed E-state index contributed by atoms with van der Waals surface area (Å²) in [7, 11) is 3.86. The first-order valence-electron chi connectivity index (χ1n) is 8.27. The number of benzene rings is 1. The van der Waals surface area contributed by atoms with Crippen molar-refractivity contribution in [2.75, 3.05) is 20.6 Å². The normalized spacial score (nSPS) is 11.1. The van der Waals surface area contributed by atoms with E-state index in [4.69, 9.17) is 0 Å². The van der Waals surface area contributed by atoms with E-state index >= 15 is 0 Å². The van der Waals surface area contributed by atoms with E-state index in [-0.39, 0.29) is 22.7 Å². The number of carboxylic acids is 1. The van der Waals surface area contributed by atoms with Crippen LogP contribution in [-0.2, 0) is 6.42 Å². The van der Waals surface area contributed by atoms with Gasteiger partial charge in [0, 0.05) is 36.4 Å². The lowest BCUT2D eigenvalue weighted by Gasteiger charge is -2.06. The van der Waals surface area contributed by atoms with Crippen molar-refractivity contribution >= 4 is 5.97 Å². The van der Waals surface area contributed by atoms with Crippen LogP contribution in [0.4, 0.5) is 4.39 Å². The van der Waals surface area contributed by atoms with Gasteiger partial charge in [-0.25, -0.2) is 19.2 Å². The van der Waals surface area contributed by atoms with E-state index in [1.54, 1.807) is 6.07 Å². The molecule has 3 N–H and O–H groups in total. The minimum absolute atomic E-state index is 0.0345. The molecule has 0 unspecified atom stereocenters. The van der Waals surface area contributed by atoms with Crippen molar-refractivity contribution in [1.82, 2.24) is 19.9 Å². The Morgan fingerprint density at radius 1 is 1.26 bits per heavy atom. The second-order valence-electron chi connectivity index (χ2n) is 6.36. The van der Waals surface area contributed by atoms with Crippen LogP contribution in [0.25, 0.3) is 22.5 Å². The summed E-state index contributed by atoms with van der Waals surface area (Å²) in [5.74, 6) is -1.28. The SMILES string of the molecule is CN(C)CCc1nc(-c2cc(C(=O)O)ccc2F)c(-c2ccnc(O)c2)[nH]1. The van der Waals surface area contributed by atoms with E-state index in [0.717, 1.165) is 12.6 Å². The minimum atomic E-state index is -1.15. The third-order valence-electron chi connectivity index (χ3n) is 4.05. The minimum Gasteiger partial charge on any atom is -0.493 e. The van der Waals surface area contributed by atoms with Gasteiger partial charge in [-0.1, -0.05) is 0 Å². The van der Waals surface area contributed by atoms with Crippen LogP contribution in [0.1, 0.15) is 16.2 Å². The molecule has 2 heterocycles. The Hall–Kier alpha value is -3.26. The first-order chi connectivity index (χ1) is 12.8. The first kappa shape index (κ1) is 18.5. The molecule has 0 aliphatic rings. The van der Waals surface area contributed by atoms with Gasteiger partial charge in [-0.05, 0) is 38.4 Å². The number of rotatable bonds is 6. The monoisotopic (exact) mass is 370 g/mol. The van der Waals surface area contributed by atoms with Crippen LogP contribution < -0.4 is 0 Å². The maximum atomic E-state index is 14.5. The zero-order valence-corrected chi connectivity index (χ0v) is 14.9. The fourth-order valence-corrected chi connectivity index (χ4v) is 2.69. The van der Waals surface area contributed by atoms with E-state index in [9.17, 15) is 19.4 Å². The Bertz CT molecular complexity index is 985. The standard InChI is InChI=1S/C19H19FN4O3/c1-24(2)8-6-15-22-17(11-5-7-21-16(25)10-11)18(23-15)13-9-12(19(26)27)3-4-14(13)20/h3-5,7,9-10H,6,8H2,1-2H3,(H,21,25)(H,22,23)(H,26,27). The Balaban J connectivity index is 2.16. The molecule has 0 atom stereocenters. The zero-order valence-electron chi connectivity index (χ0n) is 14.9. The molecule has 7 nitrogen and oxygen atoms in total. The van der Waals surface area contributed by atoms with Gasteiger partial charge in [-0.3, -0.25) is 0 Å². The Morgan fingerprint density at radius 3 is 2.70 bits per heavy atom. The summed E-state index contributed by atoms with van der Waals surface area (Å²) in [5, 5.41) is 18.9. The second-order valence-corrected chi connectivity index (χ2v) is 6.36. The topological polar surface area (TPSA) is 102 Å². The number of likely N-dealkylation sites (N-methyl/N-ethyl adjacent to an activating group) is 1. The Morgan fingerprint density at radius 2 is 2.04 bits per heavy atom. The van der Waals surface area contributed by atoms with Crippen molar-refractivity contribution in [3.8, 4) is 28.4 Å². The first-order valence-corrected chi connectivity index (χ1v) is 8.27. The van der Waals surface area contributed by atoms with Crippen LogP contribution in [0.3, 0.4) is 0 Å². The van der Waals surface area contributed by atoms with Crippen molar-refractivity contribution in [2.24, 2.45) is 0 Å². The fraction of sp³-hybridized carbons (Fsp3) is 0.211. The average molecular weight is 370 g/mol. The van der Waals surface area contributed by atoms with Crippen molar-refractivity contribution in [3.63, 3.8) is 0 Å². The molecule has 0 aliphatic heterocycles. The van der Waals surface area contributed by atoms with Crippen molar-refractivity contribution in [3.05, 3.63) is 53.7 Å². The molecule has 8 heteroatoms. The molecule has 0 amide bonds. The highest BCUT2D eigenvalue weighted by atomic mass is 19.1. The Labute approximate surface area is 155 Å². The lowest BCUT2D eigenvalue weighted by molar-refractivity contribution is 0.0697. The second kappa shape index (κ2) is 7.55. The number of hydrogen-bond acceptors (Lipinski definition) is 5. The highest BCUT2D eigenvalue weighted by Crippen LogP contribution is 2.33. The number of nitrogens with one attached hydrogen (secondary N) is 1. The van der Waals surface area contributed by atoms with Crippen molar-refractivity contribution in [1.29, 1.82) is 0 Å². The molecule has 1 aromatic carbocycles. The van der Waals surface area contributed by atoms with Crippen LogP contribution in [-0.4, -0.2) is 56.7 Å². The summed E-state index contributed by atoms with van der Waals surface area (Å²) in [6.45, 7) is 0.728. The smallest absolute Gasteiger partial charge is 0.335 e. The van der Waals surface area contributed by atoms with Gasteiger partial charge >= 0.3 is 5.97 Å². The number of halogens is 1. The summed E-state index contributed by atoms with van der Waals surface area (Å²) in [6, 6.07) is 6.67.